The molecule has 2 saturated heterocycles. The summed E-state index contributed by atoms with van der Waals surface area (Å²) < 4.78 is 0. The zero-order valence-electron chi connectivity index (χ0n) is 8.20. The van der Waals surface area contributed by atoms with Gasteiger partial charge in [-0.15, -0.1) is 12.4 Å². The van der Waals surface area contributed by atoms with Crippen molar-refractivity contribution in [2.45, 2.75) is 18.9 Å². The molecule has 0 unspecified atom stereocenters. The van der Waals surface area contributed by atoms with E-state index in [-0.39, 0.29) is 12.4 Å². The van der Waals surface area contributed by atoms with Crippen LogP contribution in [0.25, 0.3) is 0 Å². The van der Waals surface area contributed by atoms with Crippen molar-refractivity contribution >= 4 is 12.4 Å². The molecule has 0 aromatic heterocycles. The molecule has 0 spiro atoms. The summed E-state index contributed by atoms with van der Waals surface area (Å²) in [4.78, 5) is 2.48. The van der Waals surface area contributed by atoms with E-state index in [1.807, 2.05) is 0 Å². The molecule has 2 fully saturated rings. The molecule has 1 N–H and O–H groups in total. The molecule has 0 aliphatic carbocycles. The smallest absolute Gasteiger partial charge is 0.0912 e. The Kier molecular flexibility index (Phi) is 4.40. The van der Waals surface area contributed by atoms with E-state index in [1.54, 1.807) is 6.08 Å². The Hall–Kier alpha value is -0.560. The standard InChI is InChI=1S/C10H15N3.ClH/c11-4-1-9-7-13(8-9)10-2-5-12-6-3-10;/h1,10,12H,2-3,5-8H2;1H. The number of allylic oxidation sites excluding steroid dienone is 1. The lowest BCUT2D eigenvalue weighted by Gasteiger charge is -2.42. The van der Waals surface area contributed by atoms with Gasteiger partial charge in [-0.1, -0.05) is 0 Å². The maximum absolute atomic E-state index is 8.44. The van der Waals surface area contributed by atoms with E-state index in [9.17, 15) is 0 Å². The van der Waals surface area contributed by atoms with Crippen molar-refractivity contribution in [2.75, 3.05) is 26.2 Å². The Bertz CT molecular complexity index is 243. The van der Waals surface area contributed by atoms with Crippen LogP contribution in [0.1, 0.15) is 12.8 Å². The molecule has 78 valence electrons. The monoisotopic (exact) mass is 213 g/mol. The number of nitriles is 1. The molecule has 3 nitrogen and oxygen atoms in total. The highest BCUT2D eigenvalue weighted by molar-refractivity contribution is 5.85. The van der Waals surface area contributed by atoms with E-state index < -0.39 is 0 Å². The topological polar surface area (TPSA) is 39.1 Å². The minimum absolute atomic E-state index is 0. The second-order valence-electron chi connectivity index (χ2n) is 3.82. The highest BCUT2D eigenvalue weighted by Gasteiger charge is 2.28. The van der Waals surface area contributed by atoms with Crippen molar-refractivity contribution in [3.63, 3.8) is 0 Å². The first-order valence-electron chi connectivity index (χ1n) is 4.92. The fourth-order valence-corrected chi connectivity index (χ4v) is 2.09. The summed E-state index contributed by atoms with van der Waals surface area (Å²) in [6.45, 7) is 4.35. The highest BCUT2D eigenvalue weighted by atomic mass is 35.5. The van der Waals surface area contributed by atoms with Crippen molar-refractivity contribution in [3.05, 3.63) is 11.6 Å². The molecule has 0 atom stereocenters. The summed E-state index contributed by atoms with van der Waals surface area (Å²) in [6, 6.07) is 2.85. The Morgan fingerprint density at radius 2 is 2.00 bits per heavy atom. The number of piperidine rings is 1. The molecular formula is C10H16ClN3. The molecule has 2 aliphatic rings. The van der Waals surface area contributed by atoms with Gasteiger partial charge in [-0.2, -0.15) is 5.26 Å². The molecule has 0 saturated carbocycles. The van der Waals surface area contributed by atoms with E-state index in [4.69, 9.17) is 5.26 Å². The van der Waals surface area contributed by atoms with Gasteiger partial charge < -0.3 is 5.32 Å². The Labute approximate surface area is 91.2 Å². The SMILES string of the molecule is Cl.N#CC=C1CN(C2CCNCC2)C1. The van der Waals surface area contributed by atoms with Crippen LogP contribution in [0.2, 0.25) is 0 Å². The number of nitrogens with zero attached hydrogens (tertiary/aromatic N) is 2. The zero-order chi connectivity index (χ0) is 9.10. The highest BCUT2D eigenvalue weighted by Crippen LogP contribution is 2.22. The van der Waals surface area contributed by atoms with E-state index in [1.165, 1.54) is 18.4 Å². The van der Waals surface area contributed by atoms with Gasteiger partial charge in [0, 0.05) is 25.2 Å². The Balaban J connectivity index is 0.000000980. The maximum Gasteiger partial charge on any atom is 0.0912 e. The van der Waals surface area contributed by atoms with Gasteiger partial charge in [-0.05, 0) is 31.5 Å². The van der Waals surface area contributed by atoms with Crippen LogP contribution in [0, 0.1) is 11.3 Å². The summed E-state index contributed by atoms with van der Waals surface area (Å²) in [5.41, 5.74) is 1.29. The molecule has 2 rings (SSSR count). The Morgan fingerprint density at radius 3 is 2.57 bits per heavy atom. The first-order valence-corrected chi connectivity index (χ1v) is 4.92. The third-order valence-electron chi connectivity index (χ3n) is 2.91. The predicted molar refractivity (Wildman–Crippen MR) is 58.4 cm³/mol. The number of halogens is 1. The average molecular weight is 214 g/mol. The molecule has 0 aromatic carbocycles. The fraction of sp³-hybridized carbons (Fsp3) is 0.700. The summed E-state index contributed by atoms with van der Waals surface area (Å²) in [6.07, 6.45) is 4.22. The van der Waals surface area contributed by atoms with Crippen LogP contribution in [0.4, 0.5) is 0 Å². The van der Waals surface area contributed by atoms with E-state index in [2.05, 4.69) is 16.3 Å². The zero-order valence-corrected chi connectivity index (χ0v) is 9.02. The van der Waals surface area contributed by atoms with Gasteiger partial charge in [-0.25, -0.2) is 0 Å². The molecular weight excluding hydrogens is 198 g/mol. The predicted octanol–water partition coefficient (Wildman–Crippen LogP) is 0.926. The molecule has 0 amide bonds. The fourth-order valence-electron chi connectivity index (χ4n) is 2.09. The first kappa shape index (κ1) is 11.5. The van der Waals surface area contributed by atoms with Crippen LogP contribution >= 0.6 is 12.4 Å². The van der Waals surface area contributed by atoms with Gasteiger partial charge in [0.15, 0.2) is 0 Å². The van der Waals surface area contributed by atoms with Crippen molar-refractivity contribution in [3.8, 4) is 6.07 Å². The van der Waals surface area contributed by atoms with Crippen molar-refractivity contribution in [2.24, 2.45) is 0 Å². The van der Waals surface area contributed by atoms with E-state index >= 15 is 0 Å². The van der Waals surface area contributed by atoms with E-state index in [0.29, 0.717) is 0 Å². The number of hydrogen-bond donors (Lipinski definition) is 1. The quantitative estimate of drug-likeness (QED) is 0.659. The summed E-state index contributed by atoms with van der Waals surface area (Å²) in [5.74, 6) is 0. The molecule has 2 heterocycles. The number of nitrogens with one attached hydrogen (secondary N) is 1. The van der Waals surface area contributed by atoms with E-state index in [0.717, 1.165) is 32.2 Å². The molecule has 2 aliphatic heterocycles. The van der Waals surface area contributed by atoms with Gasteiger partial charge >= 0.3 is 0 Å². The van der Waals surface area contributed by atoms with Crippen LogP contribution in [0.3, 0.4) is 0 Å². The van der Waals surface area contributed by atoms with Crippen molar-refractivity contribution in [1.82, 2.24) is 10.2 Å². The van der Waals surface area contributed by atoms with Crippen LogP contribution in [-0.4, -0.2) is 37.1 Å². The molecule has 0 bridgehead atoms. The largest absolute Gasteiger partial charge is 0.317 e. The minimum atomic E-state index is 0. The summed E-state index contributed by atoms with van der Waals surface area (Å²) >= 11 is 0. The lowest BCUT2D eigenvalue weighted by molar-refractivity contribution is 0.143. The summed E-state index contributed by atoms with van der Waals surface area (Å²) in [7, 11) is 0. The second-order valence-corrected chi connectivity index (χ2v) is 3.82. The second kappa shape index (κ2) is 5.35. The number of hydrogen-bond acceptors (Lipinski definition) is 3. The van der Waals surface area contributed by atoms with Crippen molar-refractivity contribution < 1.29 is 0 Å². The van der Waals surface area contributed by atoms with Gasteiger partial charge in [-0.3, -0.25) is 4.90 Å². The third-order valence-corrected chi connectivity index (χ3v) is 2.91. The lowest BCUT2D eigenvalue weighted by Crippen LogP contribution is -2.50. The van der Waals surface area contributed by atoms with Crippen LogP contribution in [0.15, 0.2) is 11.6 Å². The van der Waals surface area contributed by atoms with Crippen LogP contribution in [0.5, 0.6) is 0 Å². The normalized spacial score (nSPS) is 23.2. The van der Waals surface area contributed by atoms with Gasteiger partial charge in [0.1, 0.15) is 0 Å². The van der Waals surface area contributed by atoms with Crippen LogP contribution < -0.4 is 5.32 Å². The minimum Gasteiger partial charge on any atom is -0.317 e. The molecule has 0 aromatic rings. The van der Waals surface area contributed by atoms with Gasteiger partial charge in [0.2, 0.25) is 0 Å². The number of rotatable bonds is 1. The molecule has 14 heavy (non-hydrogen) atoms. The summed E-state index contributed by atoms with van der Waals surface area (Å²) in [5, 5.41) is 11.8. The maximum atomic E-state index is 8.44. The first-order chi connectivity index (χ1) is 6.40. The Morgan fingerprint density at radius 1 is 1.36 bits per heavy atom. The lowest BCUT2D eigenvalue weighted by atomic mass is 9.98. The molecule has 4 heteroatoms. The third kappa shape index (κ3) is 2.48. The van der Waals surface area contributed by atoms with Gasteiger partial charge in [0.25, 0.3) is 0 Å². The number of likely N-dealkylation sites (tertiary alicyclic amines) is 1. The molecule has 0 radical (unpaired) electrons. The van der Waals surface area contributed by atoms with Crippen molar-refractivity contribution in [1.29, 1.82) is 5.26 Å². The van der Waals surface area contributed by atoms with Crippen LogP contribution in [-0.2, 0) is 0 Å². The van der Waals surface area contributed by atoms with Gasteiger partial charge in [0.05, 0.1) is 6.07 Å². The average Bonchev–Trinajstić information content (AvgIpc) is 2.12.